The van der Waals surface area contributed by atoms with E-state index in [1.54, 1.807) is 18.9 Å². The van der Waals surface area contributed by atoms with Crippen LogP contribution in [-0.4, -0.2) is 43.0 Å². The highest BCUT2D eigenvalue weighted by molar-refractivity contribution is 5.89. The molecule has 128 valence electrons. The first-order chi connectivity index (χ1) is 10.6. The van der Waals surface area contributed by atoms with Crippen LogP contribution in [0.5, 0.6) is 5.75 Å². The van der Waals surface area contributed by atoms with Crippen LogP contribution in [0.4, 0.5) is 0 Å². The summed E-state index contributed by atoms with van der Waals surface area (Å²) in [6, 6.07) is 7.22. The van der Waals surface area contributed by atoms with Crippen molar-refractivity contribution in [3.05, 3.63) is 29.8 Å². The van der Waals surface area contributed by atoms with Crippen LogP contribution in [0.1, 0.15) is 33.3 Å². The number of rotatable bonds is 6. The second-order valence-electron chi connectivity index (χ2n) is 6.87. The van der Waals surface area contributed by atoms with Gasteiger partial charge in [-0.2, -0.15) is 0 Å². The SMILES string of the molecule is Cc1ccc(OCCN(C)C(=O)C(C)NC(=O)C(C)(C)C)cc1. The normalized spacial score (nSPS) is 12.4. The molecule has 0 heterocycles. The summed E-state index contributed by atoms with van der Waals surface area (Å²) in [5.41, 5.74) is 0.662. The van der Waals surface area contributed by atoms with Crippen LogP contribution in [0.15, 0.2) is 24.3 Å². The van der Waals surface area contributed by atoms with Crippen molar-refractivity contribution in [1.29, 1.82) is 0 Å². The summed E-state index contributed by atoms with van der Waals surface area (Å²) >= 11 is 0. The van der Waals surface area contributed by atoms with Gasteiger partial charge in [0.15, 0.2) is 0 Å². The van der Waals surface area contributed by atoms with Gasteiger partial charge in [0.1, 0.15) is 18.4 Å². The number of nitrogens with zero attached hydrogens (tertiary/aromatic N) is 1. The van der Waals surface area contributed by atoms with E-state index in [1.165, 1.54) is 5.56 Å². The minimum absolute atomic E-state index is 0.130. The largest absolute Gasteiger partial charge is 0.492 e. The highest BCUT2D eigenvalue weighted by Crippen LogP contribution is 2.13. The second kappa shape index (κ2) is 7.99. The second-order valence-corrected chi connectivity index (χ2v) is 6.87. The summed E-state index contributed by atoms with van der Waals surface area (Å²) in [5.74, 6) is 0.517. The molecule has 1 aromatic rings. The van der Waals surface area contributed by atoms with Crippen LogP contribution in [0.3, 0.4) is 0 Å². The molecule has 1 N–H and O–H groups in total. The lowest BCUT2D eigenvalue weighted by molar-refractivity contribution is -0.137. The molecule has 1 aromatic carbocycles. The van der Waals surface area contributed by atoms with Crippen molar-refractivity contribution in [2.24, 2.45) is 5.41 Å². The van der Waals surface area contributed by atoms with Gasteiger partial charge in [0.05, 0.1) is 6.54 Å². The predicted octanol–water partition coefficient (Wildman–Crippen LogP) is 2.38. The minimum Gasteiger partial charge on any atom is -0.492 e. The van der Waals surface area contributed by atoms with E-state index in [2.05, 4.69) is 5.32 Å². The van der Waals surface area contributed by atoms with Crippen molar-refractivity contribution in [2.75, 3.05) is 20.2 Å². The highest BCUT2D eigenvalue weighted by Gasteiger charge is 2.26. The Hall–Kier alpha value is -2.04. The molecule has 0 saturated heterocycles. The van der Waals surface area contributed by atoms with Gasteiger partial charge in [-0.15, -0.1) is 0 Å². The molecule has 0 aliphatic carbocycles. The monoisotopic (exact) mass is 320 g/mol. The van der Waals surface area contributed by atoms with E-state index in [9.17, 15) is 9.59 Å². The standard InChI is InChI=1S/C18H28N2O3/c1-13-7-9-15(10-8-13)23-12-11-20(6)16(21)14(2)19-17(22)18(3,4)5/h7-10,14H,11-12H2,1-6H3,(H,19,22). The van der Waals surface area contributed by atoms with E-state index >= 15 is 0 Å². The van der Waals surface area contributed by atoms with E-state index in [-0.39, 0.29) is 11.8 Å². The fourth-order valence-corrected chi connectivity index (χ4v) is 1.85. The van der Waals surface area contributed by atoms with Gasteiger partial charge >= 0.3 is 0 Å². The Bertz CT molecular complexity index is 532. The summed E-state index contributed by atoms with van der Waals surface area (Å²) < 4.78 is 5.62. The lowest BCUT2D eigenvalue weighted by atomic mass is 9.95. The lowest BCUT2D eigenvalue weighted by Gasteiger charge is -2.25. The van der Waals surface area contributed by atoms with E-state index in [0.717, 1.165) is 5.75 Å². The molecule has 2 amide bonds. The summed E-state index contributed by atoms with van der Waals surface area (Å²) in [7, 11) is 1.71. The third-order valence-corrected chi connectivity index (χ3v) is 3.49. The quantitative estimate of drug-likeness (QED) is 0.875. The number of nitrogens with one attached hydrogen (secondary N) is 1. The zero-order valence-corrected chi connectivity index (χ0v) is 15.0. The number of hydrogen-bond acceptors (Lipinski definition) is 3. The molecule has 1 rings (SSSR count). The number of likely N-dealkylation sites (N-methyl/N-ethyl adjacent to an activating group) is 1. The number of aryl methyl sites for hydroxylation is 1. The third kappa shape index (κ3) is 6.30. The van der Waals surface area contributed by atoms with Gasteiger partial charge in [-0.25, -0.2) is 0 Å². The third-order valence-electron chi connectivity index (χ3n) is 3.49. The lowest BCUT2D eigenvalue weighted by Crippen LogP contribution is -2.49. The molecule has 0 aliphatic rings. The number of ether oxygens (including phenoxy) is 1. The van der Waals surface area contributed by atoms with E-state index in [0.29, 0.717) is 13.2 Å². The van der Waals surface area contributed by atoms with Crippen molar-refractivity contribution in [3.8, 4) is 5.75 Å². The molecule has 0 bridgehead atoms. The van der Waals surface area contributed by atoms with Gasteiger partial charge in [0, 0.05) is 12.5 Å². The number of carbonyl (C=O) groups excluding carboxylic acids is 2. The Labute approximate surface area is 139 Å². The van der Waals surface area contributed by atoms with Crippen molar-refractivity contribution in [1.82, 2.24) is 10.2 Å². The van der Waals surface area contributed by atoms with Crippen molar-refractivity contribution in [2.45, 2.75) is 40.7 Å². The fraction of sp³-hybridized carbons (Fsp3) is 0.556. The molecule has 5 heteroatoms. The maximum absolute atomic E-state index is 12.2. The minimum atomic E-state index is -0.550. The molecular formula is C18H28N2O3. The molecule has 0 saturated carbocycles. The van der Waals surface area contributed by atoms with Gasteiger partial charge in [-0.05, 0) is 26.0 Å². The zero-order chi connectivity index (χ0) is 17.6. The zero-order valence-electron chi connectivity index (χ0n) is 15.0. The summed E-state index contributed by atoms with van der Waals surface area (Å²) in [6.07, 6.45) is 0. The molecule has 1 atom stereocenters. The molecule has 0 radical (unpaired) electrons. The summed E-state index contributed by atoms with van der Waals surface area (Å²) in [4.78, 5) is 25.7. The Balaban J connectivity index is 2.41. The molecule has 1 unspecified atom stereocenters. The smallest absolute Gasteiger partial charge is 0.244 e. The maximum atomic E-state index is 12.2. The molecule has 23 heavy (non-hydrogen) atoms. The molecular weight excluding hydrogens is 292 g/mol. The molecule has 0 aromatic heterocycles. The fourth-order valence-electron chi connectivity index (χ4n) is 1.85. The average Bonchev–Trinajstić information content (AvgIpc) is 2.47. The van der Waals surface area contributed by atoms with E-state index in [1.807, 2.05) is 52.0 Å². The first kappa shape index (κ1) is 19.0. The van der Waals surface area contributed by atoms with E-state index in [4.69, 9.17) is 4.74 Å². The van der Waals surface area contributed by atoms with Crippen LogP contribution >= 0.6 is 0 Å². The predicted molar refractivity (Wildman–Crippen MR) is 91.4 cm³/mol. The first-order valence-corrected chi connectivity index (χ1v) is 7.86. The van der Waals surface area contributed by atoms with Crippen LogP contribution in [0, 0.1) is 12.3 Å². The van der Waals surface area contributed by atoms with Crippen molar-refractivity contribution in [3.63, 3.8) is 0 Å². The Kier molecular flexibility index (Phi) is 6.61. The molecule has 0 fully saturated rings. The number of carbonyl (C=O) groups is 2. The van der Waals surface area contributed by atoms with Crippen molar-refractivity contribution >= 4 is 11.8 Å². The molecule has 0 spiro atoms. The van der Waals surface area contributed by atoms with Gasteiger partial charge in [0.25, 0.3) is 0 Å². The average molecular weight is 320 g/mol. The highest BCUT2D eigenvalue weighted by atomic mass is 16.5. The van der Waals surface area contributed by atoms with Gasteiger partial charge in [-0.3, -0.25) is 9.59 Å². The van der Waals surface area contributed by atoms with Crippen LogP contribution in [0.2, 0.25) is 0 Å². The van der Waals surface area contributed by atoms with E-state index < -0.39 is 11.5 Å². The Morgan fingerprint density at radius 1 is 1.22 bits per heavy atom. The maximum Gasteiger partial charge on any atom is 0.244 e. The number of amides is 2. The number of hydrogen-bond donors (Lipinski definition) is 1. The van der Waals surface area contributed by atoms with Gasteiger partial charge in [-0.1, -0.05) is 38.5 Å². The summed E-state index contributed by atoms with van der Waals surface area (Å²) in [5, 5.41) is 2.74. The van der Waals surface area contributed by atoms with Crippen LogP contribution < -0.4 is 10.1 Å². The van der Waals surface area contributed by atoms with Gasteiger partial charge in [0.2, 0.25) is 11.8 Å². The molecule has 0 aliphatic heterocycles. The topological polar surface area (TPSA) is 58.6 Å². The summed E-state index contributed by atoms with van der Waals surface area (Å²) in [6.45, 7) is 10.0. The van der Waals surface area contributed by atoms with Crippen LogP contribution in [-0.2, 0) is 9.59 Å². The van der Waals surface area contributed by atoms with Gasteiger partial charge < -0.3 is 15.0 Å². The number of benzene rings is 1. The Morgan fingerprint density at radius 2 is 1.78 bits per heavy atom. The van der Waals surface area contributed by atoms with Crippen molar-refractivity contribution < 1.29 is 14.3 Å². The molecule has 5 nitrogen and oxygen atoms in total. The van der Waals surface area contributed by atoms with Crippen LogP contribution in [0.25, 0.3) is 0 Å². The first-order valence-electron chi connectivity index (χ1n) is 7.86. The Morgan fingerprint density at radius 3 is 2.30 bits per heavy atom.